The summed E-state index contributed by atoms with van der Waals surface area (Å²) in [4.78, 5) is 8.55. The van der Waals surface area contributed by atoms with E-state index in [2.05, 4.69) is 15.3 Å². The summed E-state index contributed by atoms with van der Waals surface area (Å²) in [6.45, 7) is 3.13. The molecular weight excluding hydrogens is 356 g/mol. The fraction of sp³-hybridized carbons (Fsp3) is 0.111. The number of halogens is 1. The first-order chi connectivity index (χ1) is 11.9. The van der Waals surface area contributed by atoms with Crippen LogP contribution in [0.15, 0.2) is 48.1 Å². The molecule has 0 unspecified atom stereocenters. The lowest BCUT2D eigenvalue weighted by molar-refractivity contribution is 0.585. The van der Waals surface area contributed by atoms with Gasteiger partial charge in [0.25, 0.3) is 0 Å². The molecule has 0 bridgehead atoms. The maximum absolute atomic E-state index is 14.3. The second-order valence-electron chi connectivity index (χ2n) is 6.19. The van der Waals surface area contributed by atoms with Gasteiger partial charge in [-0.3, -0.25) is 4.98 Å². The van der Waals surface area contributed by atoms with Gasteiger partial charge in [-0.15, -0.1) is 11.3 Å². The number of fused-ring (bicyclic) bond motifs is 2. The van der Waals surface area contributed by atoms with Crippen molar-refractivity contribution in [1.82, 2.24) is 9.97 Å². The molecule has 2 heterocycles. The van der Waals surface area contributed by atoms with Crippen LogP contribution >= 0.6 is 18.5 Å². The zero-order chi connectivity index (χ0) is 17.6. The Balaban J connectivity index is 1.84. The molecule has 0 radical (unpaired) electrons. The predicted molar refractivity (Wildman–Crippen MR) is 104 cm³/mol. The number of hydrogen-bond acceptors (Lipinski definition) is 5. The number of pyridine rings is 1. The summed E-state index contributed by atoms with van der Waals surface area (Å²) in [5.74, 6) is -0.477. The second kappa shape index (κ2) is 5.90. The van der Waals surface area contributed by atoms with Crippen molar-refractivity contribution in [2.24, 2.45) is 0 Å². The Morgan fingerprint density at radius 2 is 1.92 bits per heavy atom. The van der Waals surface area contributed by atoms with Gasteiger partial charge >= 0.3 is 0 Å². The van der Waals surface area contributed by atoms with Gasteiger partial charge in [-0.25, -0.2) is 9.37 Å². The van der Waals surface area contributed by atoms with Crippen LogP contribution in [-0.2, 0) is 4.57 Å². The summed E-state index contributed by atoms with van der Waals surface area (Å²) in [5, 5.41) is 4.32. The van der Waals surface area contributed by atoms with E-state index >= 15 is 0 Å². The smallest absolute Gasteiger partial charge is 0.136 e. The van der Waals surface area contributed by atoms with E-state index in [1.807, 2.05) is 29.8 Å². The van der Waals surface area contributed by atoms with Crippen molar-refractivity contribution in [3.63, 3.8) is 0 Å². The molecule has 4 rings (SSSR count). The molecule has 0 saturated heterocycles. The topological polar surface area (TPSA) is 54.9 Å². The average Bonchev–Trinajstić information content (AvgIpc) is 3.01. The molecule has 0 fully saturated rings. The highest BCUT2D eigenvalue weighted by atomic mass is 32.1. The summed E-state index contributed by atoms with van der Waals surface area (Å²) < 4.78 is 27.8. The second-order valence-corrected chi connectivity index (χ2v) is 10.3. The highest BCUT2D eigenvalue weighted by Gasteiger charge is 2.18. The first kappa shape index (κ1) is 16.2. The van der Waals surface area contributed by atoms with E-state index in [1.54, 1.807) is 36.9 Å². The molecule has 2 aromatic heterocycles. The number of thiazole rings is 1. The van der Waals surface area contributed by atoms with Crippen molar-refractivity contribution in [3.05, 3.63) is 53.9 Å². The fourth-order valence-electron chi connectivity index (χ4n) is 2.77. The number of benzene rings is 2. The lowest BCUT2D eigenvalue weighted by Crippen LogP contribution is -2.09. The molecule has 0 aliphatic rings. The fourth-order valence-corrected chi connectivity index (χ4v) is 4.45. The monoisotopic (exact) mass is 371 g/mol. The Labute approximate surface area is 148 Å². The molecule has 2 aromatic carbocycles. The quantitative estimate of drug-likeness (QED) is 0.516. The molecule has 0 aliphatic carbocycles. The standard InChI is InChI=1S/C18H15FN3OPS/c1-24(2,23)17-8-12-14(5-6-20-15(12)9-13(17)19)22-11-3-4-18-16(7-11)21-10-25-18/h3-10H,1-2H3,(H,20,22). The van der Waals surface area contributed by atoms with E-state index < -0.39 is 13.0 Å². The van der Waals surface area contributed by atoms with Crippen LogP contribution in [0.4, 0.5) is 15.8 Å². The van der Waals surface area contributed by atoms with Crippen molar-refractivity contribution in [3.8, 4) is 0 Å². The molecule has 0 amide bonds. The Bertz CT molecular complexity index is 1150. The first-order valence-electron chi connectivity index (χ1n) is 7.66. The van der Waals surface area contributed by atoms with E-state index in [-0.39, 0.29) is 5.30 Å². The largest absolute Gasteiger partial charge is 0.355 e. The molecule has 0 atom stereocenters. The predicted octanol–water partition coefficient (Wildman–Crippen LogP) is 4.98. The van der Waals surface area contributed by atoms with Gasteiger partial charge in [0.15, 0.2) is 0 Å². The summed E-state index contributed by atoms with van der Waals surface area (Å²) >= 11 is 1.59. The van der Waals surface area contributed by atoms with Crippen LogP contribution in [0.5, 0.6) is 0 Å². The molecule has 126 valence electrons. The minimum atomic E-state index is -2.73. The van der Waals surface area contributed by atoms with Crippen LogP contribution in [0.3, 0.4) is 0 Å². The van der Waals surface area contributed by atoms with E-state index in [1.165, 1.54) is 6.07 Å². The van der Waals surface area contributed by atoms with Gasteiger partial charge in [-0.05, 0) is 43.7 Å². The maximum Gasteiger partial charge on any atom is 0.136 e. The van der Waals surface area contributed by atoms with Crippen molar-refractivity contribution in [2.45, 2.75) is 0 Å². The molecule has 4 nitrogen and oxygen atoms in total. The van der Waals surface area contributed by atoms with E-state index in [4.69, 9.17) is 0 Å². The average molecular weight is 371 g/mol. The van der Waals surface area contributed by atoms with Crippen molar-refractivity contribution in [2.75, 3.05) is 18.6 Å². The number of nitrogens with one attached hydrogen (secondary N) is 1. The van der Waals surface area contributed by atoms with Crippen molar-refractivity contribution in [1.29, 1.82) is 0 Å². The Morgan fingerprint density at radius 1 is 1.08 bits per heavy atom. The zero-order valence-electron chi connectivity index (χ0n) is 13.7. The lowest BCUT2D eigenvalue weighted by atomic mass is 10.1. The maximum atomic E-state index is 14.3. The van der Waals surface area contributed by atoms with Crippen LogP contribution < -0.4 is 10.6 Å². The number of rotatable bonds is 3. The molecule has 0 aliphatic heterocycles. The van der Waals surface area contributed by atoms with Gasteiger partial charge in [0.1, 0.15) is 13.0 Å². The number of nitrogens with zero attached hydrogens (tertiary/aromatic N) is 2. The highest BCUT2D eigenvalue weighted by Crippen LogP contribution is 2.38. The third-order valence-corrected chi connectivity index (χ3v) is 6.31. The third kappa shape index (κ3) is 3.03. The lowest BCUT2D eigenvalue weighted by Gasteiger charge is -2.13. The van der Waals surface area contributed by atoms with Crippen LogP contribution in [0.2, 0.25) is 0 Å². The van der Waals surface area contributed by atoms with Gasteiger partial charge in [-0.2, -0.15) is 0 Å². The van der Waals surface area contributed by atoms with Gasteiger partial charge in [-0.1, -0.05) is 0 Å². The molecule has 0 saturated carbocycles. The molecular formula is C18H15FN3OPS. The Kier molecular flexibility index (Phi) is 3.82. The molecule has 0 spiro atoms. The van der Waals surface area contributed by atoms with E-state index in [0.717, 1.165) is 27.0 Å². The summed E-state index contributed by atoms with van der Waals surface area (Å²) in [5.41, 5.74) is 4.93. The van der Waals surface area contributed by atoms with Crippen molar-refractivity contribution >= 4 is 56.3 Å². The highest BCUT2D eigenvalue weighted by molar-refractivity contribution is 7.70. The summed E-state index contributed by atoms with van der Waals surface area (Å²) in [7, 11) is -2.73. The van der Waals surface area contributed by atoms with Crippen LogP contribution in [0.25, 0.3) is 21.1 Å². The van der Waals surface area contributed by atoms with Crippen molar-refractivity contribution < 1.29 is 8.96 Å². The number of hydrogen-bond donors (Lipinski definition) is 1. The van der Waals surface area contributed by atoms with E-state index in [9.17, 15) is 8.96 Å². The van der Waals surface area contributed by atoms with Crippen LogP contribution in [0.1, 0.15) is 0 Å². The molecule has 4 aromatic rings. The number of anilines is 2. The summed E-state index contributed by atoms with van der Waals surface area (Å²) in [6, 6.07) is 10.8. The minimum Gasteiger partial charge on any atom is -0.355 e. The zero-order valence-corrected chi connectivity index (χ0v) is 15.4. The summed E-state index contributed by atoms with van der Waals surface area (Å²) in [6.07, 6.45) is 1.63. The third-order valence-electron chi connectivity index (χ3n) is 4.00. The van der Waals surface area contributed by atoms with E-state index in [0.29, 0.717) is 5.52 Å². The SMILES string of the molecule is CP(C)(=O)c1cc2c(Nc3ccc4scnc4c3)ccnc2cc1F. The minimum absolute atomic E-state index is 0.242. The molecule has 7 heteroatoms. The van der Waals surface area contributed by atoms with Gasteiger partial charge < -0.3 is 9.88 Å². The Hall–Kier alpha value is -2.30. The number of aromatic nitrogens is 2. The van der Waals surface area contributed by atoms with Gasteiger partial charge in [0.2, 0.25) is 0 Å². The first-order valence-corrected chi connectivity index (χ1v) is 11.1. The van der Waals surface area contributed by atoms with Crippen LogP contribution in [0, 0.1) is 5.82 Å². The normalized spacial score (nSPS) is 12.0. The Morgan fingerprint density at radius 3 is 2.72 bits per heavy atom. The van der Waals surface area contributed by atoms with Gasteiger partial charge in [0.05, 0.1) is 21.2 Å². The molecule has 1 N–H and O–H groups in total. The van der Waals surface area contributed by atoms with Crippen LogP contribution in [-0.4, -0.2) is 23.3 Å². The molecule has 25 heavy (non-hydrogen) atoms. The van der Waals surface area contributed by atoms with Gasteiger partial charge in [0, 0.05) is 34.3 Å².